The number of nitrogens with one attached hydrogen (secondary N) is 1. The maximum atomic E-state index is 4.55. The fourth-order valence-electron chi connectivity index (χ4n) is 2.09. The van der Waals surface area contributed by atoms with Crippen molar-refractivity contribution < 1.29 is 0 Å². The lowest BCUT2D eigenvalue weighted by atomic mass is 10.3. The molecule has 0 saturated carbocycles. The summed E-state index contributed by atoms with van der Waals surface area (Å²) in [5.74, 6) is 0. The lowest BCUT2D eigenvalue weighted by Gasteiger charge is -2.04. The highest BCUT2D eigenvalue weighted by Gasteiger charge is 2.07. The molecule has 0 atom stereocenters. The van der Waals surface area contributed by atoms with E-state index in [1.165, 1.54) is 10.6 Å². The van der Waals surface area contributed by atoms with E-state index in [-0.39, 0.29) is 0 Å². The Morgan fingerprint density at radius 3 is 3.00 bits per heavy atom. The third-order valence-electron chi connectivity index (χ3n) is 3.00. The largest absolute Gasteiger partial charge is 0.306 e. The van der Waals surface area contributed by atoms with Crippen LogP contribution >= 0.6 is 11.3 Å². The third kappa shape index (κ3) is 2.17. The number of aromatic nitrogens is 2. The number of hydrogen-bond acceptors (Lipinski definition) is 3. The molecule has 0 unspecified atom stereocenters. The van der Waals surface area contributed by atoms with Crippen LogP contribution in [0.1, 0.15) is 16.3 Å². The minimum absolute atomic E-state index is 0.842. The molecule has 18 heavy (non-hydrogen) atoms. The van der Waals surface area contributed by atoms with Crippen molar-refractivity contribution in [2.45, 2.75) is 20.0 Å². The van der Waals surface area contributed by atoms with E-state index in [2.05, 4.69) is 45.3 Å². The summed E-state index contributed by atoms with van der Waals surface area (Å²) < 4.78 is 2.15. The molecule has 3 heterocycles. The van der Waals surface area contributed by atoms with E-state index in [9.17, 15) is 0 Å². The van der Waals surface area contributed by atoms with Crippen molar-refractivity contribution in [3.05, 3.63) is 58.2 Å². The zero-order valence-electron chi connectivity index (χ0n) is 10.3. The van der Waals surface area contributed by atoms with E-state index in [0.29, 0.717) is 0 Å². The second-order valence-electron chi connectivity index (χ2n) is 4.26. The zero-order chi connectivity index (χ0) is 12.4. The van der Waals surface area contributed by atoms with Crippen LogP contribution in [0.25, 0.3) is 5.65 Å². The van der Waals surface area contributed by atoms with Gasteiger partial charge >= 0.3 is 0 Å². The van der Waals surface area contributed by atoms with Gasteiger partial charge in [-0.05, 0) is 30.5 Å². The summed E-state index contributed by atoms with van der Waals surface area (Å²) in [6.07, 6.45) is 2.07. The van der Waals surface area contributed by atoms with Gasteiger partial charge < -0.3 is 9.72 Å². The molecule has 0 radical (unpaired) electrons. The molecule has 3 rings (SSSR count). The van der Waals surface area contributed by atoms with Crippen LogP contribution < -0.4 is 5.32 Å². The highest BCUT2D eigenvalue weighted by molar-refractivity contribution is 7.09. The quantitative estimate of drug-likeness (QED) is 0.778. The Labute approximate surface area is 110 Å². The Bertz CT molecular complexity index is 640. The molecular formula is C14H15N3S. The molecule has 0 amide bonds. The number of aryl methyl sites for hydroxylation is 1. The van der Waals surface area contributed by atoms with Crippen LogP contribution in [0.4, 0.5) is 0 Å². The lowest BCUT2D eigenvalue weighted by Crippen LogP contribution is -2.14. The van der Waals surface area contributed by atoms with E-state index in [0.717, 1.165) is 24.4 Å². The van der Waals surface area contributed by atoms with Crippen LogP contribution in [-0.4, -0.2) is 9.38 Å². The van der Waals surface area contributed by atoms with E-state index in [4.69, 9.17) is 0 Å². The molecule has 0 aliphatic carbocycles. The Morgan fingerprint density at radius 2 is 2.17 bits per heavy atom. The van der Waals surface area contributed by atoms with Crippen LogP contribution in [-0.2, 0) is 13.1 Å². The summed E-state index contributed by atoms with van der Waals surface area (Å²) in [5, 5.41) is 5.58. The Hall–Kier alpha value is -1.65. The van der Waals surface area contributed by atoms with Gasteiger partial charge in [0.15, 0.2) is 0 Å². The summed E-state index contributed by atoms with van der Waals surface area (Å²) in [7, 11) is 0. The van der Waals surface area contributed by atoms with E-state index in [1.807, 2.05) is 18.2 Å². The van der Waals surface area contributed by atoms with Gasteiger partial charge in [0.05, 0.1) is 11.4 Å². The molecule has 0 fully saturated rings. The van der Waals surface area contributed by atoms with Gasteiger partial charge in [0, 0.05) is 24.2 Å². The fraction of sp³-hybridized carbons (Fsp3) is 0.214. The molecule has 92 valence electrons. The van der Waals surface area contributed by atoms with Gasteiger partial charge in [-0.25, -0.2) is 4.98 Å². The Balaban J connectivity index is 1.76. The van der Waals surface area contributed by atoms with Gasteiger partial charge in [-0.1, -0.05) is 12.1 Å². The lowest BCUT2D eigenvalue weighted by molar-refractivity contribution is 0.678. The predicted octanol–water partition coefficient (Wildman–Crippen LogP) is 2.99. The smallest absolute Gasteiger partial charge is 0.137 e. The van der Waals surface area contributed by atoms with Crippen molar-refractivity contribution >= 4 is 17.0 Å². The maximum Gasteiger partial charge on any atom is 0.137 e. The summed E-state index contributed by atoms with van der Waals surface area (Å²) >= 11 is 1.78. The first kappa shape index (κ1) is 11.4. The van der Waals surface area contributed by atoms with E-state index in [1.54, 1.807) is 11.3 Å². The number of nitrogens with zero attached hydrogens (tertiary/aromatic N) is 2. The molecule has 4 heteroatoms. The normalized spacial score (nSPS) is 11.2. The molecule has 1 N–H and O–H groups in total. The highest BCUT2D eigenvalue weighted by Crippen LogP contribution is 2.12. The molecule has 0 aliphatic rings. The van der Waals surface area contributed by atoms with Gasteiger partial charge in [-0.3, -0.25) is 0 Å². The first-order valence-corrected chi connectivity index (χ1v) is 6.88. The molecule has 0 bridgehead atoms. The number of thiophene rings is 1. The van der Waals surface area contributed by atoms with Crippen LogP contribution in [0.2, 0.25) is 0 Å². The highest BCUT2D eigenvalue weighted by atomic mass is 32.1. The second-order valence-corrected chi connectivity index (χ2v) is 5.29. The number of imidazole rings is 1. The summed E-state index contributed by atoms with van der Waals surface area (Å²) in [6.45, 7) is 3.82. The van der Waals surface area contributed by atoms with Crippen molar-refractivity contribution in [3.8, 4) is 0 Å². The number of pyridine rings is 1. The van der Waals surface area contributed by atoms with Crippen molar-refractivity contribution in [1.29, 1.82) is 0 Å². The topological polar surface area (TPSA) is 29.3 Å². The van der Waals surface area contributed by atoms with Crippen molar-refractivity contribution in [2.75, 3.05) is 0 Å². The molecule has 0 spiro atoms. The van der Waals surface area contributed by atoms with E-state index >= 15 is 0 Å². The van der Waals surface area contributed by atoms with Crippen molar-refractivity contribution in [2.24, 2.45) is 0 Å². The molecule has 3 aromatic heterocycles. The molecule has 0 saturated heterocycles. The van der Waals surface area contributed by atoms with Gasteiger partial charge in [0.25, 0.3) is 0 Å². The SMILES string of the molecule is Cc1nc2ccccn2c1CNCc1cccs1. The van der Waals surface area contributed by atoms with Gasteiger partial charge in [0.2, 0.25) is 0 Å². The second kappa shape index (κ2) is 4.92. The fourth-order valence-corrected chi connectivity index (χ4v) is 2.77. The van der Waals surface area contributed by atoms with Crippen LogP contribution in [0.5, 0.6) is 0 Å². The monoisotopic (exact) mass is 257 g/mol. The molecule has 3 aromatic rings. The summed E-state index contributed by atoms with van der Waals surface area (Å²) in [6, 6.07) is 10.3. The number of fused-ring (bicyclic) bond motifs is 1. The first-order valence-electron chi connectivity index (χ1n) is 6.00. The number of hydrogen-bond donors (Lipinski definition) is 1. The molecule has 3 nitrogen and oxygen atoms in total. The minimum Gasteiger partial charge on any atom is -0.306 e. The van der Waals surface area contributed by atoms with Crippen LogP contribution in [0.15, 0.2) is 41.9 Å². The Morgan fingerprint density at radius 1 is 1.22 bits per heavy atom. The zero-order valence-corrected chi connectivity index (χ0v) is 11.1. The Kier molecular flexibility index (Phi) is 3.13. The molecule has 0 aromatic carbocycles. The van der Waals surface area contributed by atoms with Gasteiger partial charge in [-0.2, -0.15) is 0 Å². The average molecular weight is 257 g/mol. The van der Waals surface area contributed by atoms with Crippen molar-refractivity contribution in [3.63, 3.8) is 0 Å². The first-order chi connectivity index (χ1) is 8.84. The standard InChI is InChI=1S/C14H15N3S/c1-11-13(10-15-9-12-5-4-8-18-12)17-7-3-2-6-14(17)16-11/h2-8,15H,9-10H2,1H3. The average Bonchev–Trinajstić information content (AvgIpc) is 2.98. The number of rotatable bonds is 4. The minimum atomic E-state index is 0.842. The third-order valence-corrected chi connectivity index (χ3v) is 3.88. The van der Waals surface area contributed by atoms with E-state index < -0.39 is 0 Å². The van der Waals surface area contributed by atoms with Crippen LogP contribution in [0.3, 0.4) is 0 Å². The van der Waals surface area contributed by atoms with Gasteiger partial charge in [0.1, 0.15) is 5.65 Å². The maximum absolute atomic E-state index is 4.55. The van der Waals surface area contributed by atoms with Crippen LogP contribution in [0, 0.1) is 6.92 Å². The molecular weight excluding hydrogens is 242 g/mol. The predicted molar refractivity (Wildman–Crippen MR) is 74.8 cm³/mol. The molecule has 0 aliphatic heterocycles. The van der Waals surface area contributed by atoms with Gasteiger partial charge in [-0.15, -0.1) is 11.3 Å². The summed E-state index contributed by atoms with van der Waals surface area (Å²) in [4.78, 5) is 5.92. The van der Waals surface area contributed by atoms with Crippen molar-refractivity contribution in [1.82, 2.24) is 14.7 Å². The summed E-state index contributed by atoms with van der Waals surface area (Å²) in [5.41, 5.74) is 3.35.